The highest BCUT2D eigenvalue weighted by Crippen LogP contribution is 2.23. The molecule has 0 saturated heterocycles. The average Bonchev–Trinajstić information content (AvgIpc) is 3.25. The molecule has 6 heteroatoms. The van der Waals surface area contributed by atoms with Gasteiger partial charge in [0.2, 0.25) is 5.78 Å². The number of ether oxygens (including phenoxy) is 1. The fourth-order valence-electron chi connectivity index (χ4n) is 2.93. The monoisotopic (exact) mass is 368 g/mol. The lowest BCUT2D eigenvalue weighted by molar-refractivity contribution is 0.0469. The molecule has 0 aliphatic rings. The maximum atomic E-state index is 12.4. The first-order valence-electron chi connectivity index (χ1n) is 8.39. The number of aromatic nitrogens is 2. The summed E-state index contributed by atoms with van der Waals surface area (Å²) in [4.78, 5) is 28.9. The van der Waals surface area contributed by atoms with Crippen LogP contribution in [0.1, 0.15) is 39.2 Å². The molecule has 2 heterocycles. The molecule has 0 radical (unpaired) electrons. The summed E-state index contributed by atoms with van der Waals surface area (Å²) in [5, 5.41) is 2.40. The van der Waals surface area contributed by atoms with E-state index in [1.807, 2.05) is 57.2 Å². The van der Waals surface area contributed by atoms with Crippen molar-refractivity contribution < 1.29 is 14.3 Å². The van der Waals surface area contributed by atoms with Crippen LogP contribution < -0.4 is 0 Å². The number of thiazole rings is 1. The average molecular weight is 368 g/mol. The molecule has 0 amide bonds. The molecule has 0 aliphatic heterocycles. The standard InChI is InChI=1S/C20H20N2O3S/c1-4-22-13(2)10-16(14(22)3)18(23)11-25-20(24)17-12-26-19(21-17)15-8-6-5-7-9-15/h5-10,12H,4,11H2,1-3H3. The summed E-state index contributed by atoms with van der Waals surface area (Å²) in [7, 11) is 0. The van der Waals surface area contributed by atoms with Crippen LogP contribution in [0.2, 0.25) is 0 Å². The maximum absolute atomic E-state index is 12.4. The van der Waals surface area contributed by atoms with Crippen LogP contribution in [0.4, 0.5) is 0 Å². The van der Waals surface area contributed by atoms with E-state index in [4.69, 9.17) is 4.74 Å². The van der Waals surface area contributed by atoms with Crippen molar-refractivity contribution in [1.29, 1.82) is 0 Å². The topological polar surface area (TPSA) is 61.2 Å². The molecule has 0 N–H and O–H groups in total. The van der Waals surface area contributed by atoms with Crippen molar-refractivity contribution in [3.8, 4) is 10.6 Å². The highest BCUT2D eigenvalue weighted by atomic mass is 32.1. The number of carbonyl (C=O) groups is 2. The summed E-state index contributed by atoms with van der Waals surface area (Å²) >= 11 is 1.37. The molecule has 0 fully saturated rings. The van der Waals surface area contributed by atoms with Crippen molar-refractivity contribution in [1.82, 2.24) is 9.55 Å². The van der Waals surface area contributed by atoms with E-state index in [9.17, 15) is 9.59 Å². The van der Waals surface area contributed by atoms with E-state index in [2.05, 4.69) is 9.55 Å². The third-order valence-corrected chi connectivity index (χ3v) is 5.15. The lowest BCUT2D eigenvalue weighted by Crippen LogP contribution is -2.15. The lowest BCUT2D eigenvalue weighted by Gasteiger charge is -2.06. The zero-order valence-electron chi connectivity index (χ0n) is 15.0. The van der Waals surface area contributed by atoms with E-state index in [-0.39, 0.29) is 18.1 Å². The van der Waals surface area contributed by atoms with Gasteiger partial charge in [-0.3, -0.25) is 4.79 Å². The molecule has 3 aromatic rings. The van der Waals surface area contributed by atoms with Gasteiger partial charge >= 0.3 is 5.97 Å². The minimum Gasteiger partial charge on any atom is -0.453 e. The highest BCUT2D eigenvalue weighted by molar-refractivity contribution is 7.13. The number of carbonyl (C=O) groups excluding carboxylic acids is 2. The molecule has 2 aromatic heterocycles. The summed E-state index contributed by atoms with van der Waals surface area (Å²) in [6, 6.07) is 11.5. The highest BCUT2D eigenvalue weighted by Gasteiger charge is 2.19. The molecule has 0 bridgehead atoms. The van der Waals surface area contributed by atoms with Gasteiger partial charge < -0.3 is 9.30 Å². The molecule has 0 aliphatic carbocycles. The molecule has 0 saturated carbocycles. The molecule has 0 spiro atoms. The van der Waals surface area contributed by atoms with E-state index < -0.39 is 5.97 Å². The van der Waals surface area contributed by atoms with Gasteiger partial charge in [-0.05, 0) is 26.8 Å². The zero-order chi connectivity index (χ0) is 18.7. The summed E-state index contributed by atoms with van der Waals surface area (Å²) in [5.74, 6) is -0.786. The minimum absolute atomic E-state index is 0.204. The van der Waals surface area contributed by atoms with Crippen molar-refractivity contribution >= 4 is 23.1 Å². The lowest BCUT2D eigenvalue weighted by atomic mass is 10.1. The first kappa shape index (κ1) is 18.1. The van der Waals surface area contributed by atoms with Gasteiger partial charge in [0, 0.05) is 34.4 Å². The number of Topliss-reactive ketones (excluding diaryl/α,β-unsaturated/α-hetero) is 1. The van der Waals surface area contributed by atoms with Crippen LogP contribution in [-0.4, -0.2) is 27.9 Å². The van der Waals surface area contributed by atoms with Crippen molar-refractivity contribution in [3.63, 3.8) is 0 Å². The van der Waals surface area contributed by atoms with Crippen molar-refractivity contribution in [2.24, 2.45) is 0 Å². The van der Waals surface area contributed by atoms with E-state index >= 15 is 0 Å². The summed E-state index contributed by atoms with van der Waals surface area (Å²) < 4.78 is 7.23. The summed E-state index contributed by atoms with van der Waals surface area (Å²) in [5.41, 5.74) is 3.68. The third kappa shape index (κ3) is 3.60. The van der Waals surface area contributed by atoms with Crippen LogP contribution in [0, 0.1) is 13.8 Å². The Hall–Kier alpha value is -2.73. The van der Waals surface area contributed by atoms with Crippen LogP contribution in [0.5, 0.6) is 0 Å². The van der Waals surface area contributed by atoms with Crippen LogP contribution in [-0.2, 0) is 11.3 Å². The van der Waals surface area contributed by atoms with Crippen LogP contribution >= 0.6 is 11.3 Å². The molecular formula is C20H20N2O3S. The van der Waals surface area contributed by atoms with Gasteiger partial charge in [-0.25, -0.2) is 9.78 Å². The molecule has 1 aromatic carbocycles. The van der Waals surface area contributed by atoms with Crippen molar-refractivity contribution in [2.75, 3.05) is 6.61 Å². The van der Waals surface area contributed by atoms with Gasteiger partial charge in [-0.15, -0.1) is 11.3 Å². The maximum Gasteiger partial charge on any atom is 0.358 e. The Bertz CT molecular complexity index is 941. The second kappa shape index (κ2) is 7.66. The number of benzene rings is 1. The summed E-state index contributed by atoms with van der Waals surface area (Å²) in [6.45, 7) is 6.40. The van der Waals surface area contributed by atoms with Gasteiger partial charge in [0.1, 0.15) is 5.01 Å². The van der Waals surface area contributed by atoms with Crippen LogP contribution in [0.3, 0.4) is 0 Å². The van der Waals surface area contributed by atoms with Crippen LogP contribution in [0.25, 0.3) is 10.6 Å². The van der Waals surface area contributed by atoms with Crippen molar-refractivity contribution in [2.45, 2.75) is 27.3 Å². The number of esters is 1. The number of ketones is 1. The first-order chi connectivity index (χ1) is 12.5. The third-order valence-electron chi connectivity index (χ3n) is 4.26. The Morgan fingerprint density at radius 2 is 1.92 bits per heavy atom. The number of rotatable bonds is 6. The fraction of sp³-hybridized carbons (Fsp3) is 0.250. The molecule has 5 nitrogen and oxygen atoms in total. The Labute approximate surface area is 156 Å². The van der Waals surface area contributed by atoms with Gasteiger partial charge in [-0.2, -0.15) is 0 Å². The van der Waals surface area contributed by atoms with Gasteiger partial charge in [0.25, 0.3) is 0 Å². The number of aryl methyl sites for hydroxylation is 1. The number of nitrogens with zero attached hydrogens (tertiary/aromatic N) is 2. The van der Waals surface area contributed by atoms with Gasteiger partial charge in [0.15, 0.2) is 12.3 Å². The number of hydrogen-bond donors (Lipinski definition) is 0. The van der Waals surface area contributed by atoms with Crippen LogP contribution in [0.15, 0.2) is 41.8 Å². The van der Waals surface area contributed by atoms with Crippen molar-refractivity contribution in [3.05, 3.63) is 64.4 Å². The van der Waals surface area contributed by atoms with E-state index in [1.165, 1.54) is 11.3 Å². The van der Waals surface area contributed by atoms with E-state index in [0.29, 0.717) is 5.56 Å². The summed E-state index contributed by atoms with van der Waals surface area (Å²) in [6.07, 6.45) is 0. The smallest absolute Gasteiger partial charge is 0.358 e. The first-order valence-corrected chi connectivity index (χ1v) is 9.27. The quantitative estimate of drug-likeness (QED) is 0.481. The van der Waals surface area contributed by atoms with E-state index in [0.717, 1.165) is 28.5 Å². The Morgan fingerprint density at radius 3 is 2.58 bits per heavy atom. The minimum atomic E-state index is -0.582. The predicted octanol–water partition coefficient (Wildman–Crippen LogP) is 4.29. The normalized spacial score (nSPS) is 10.7. The number of hydrogen-bond acceptors (Lipinski definition) is 5. The largest absolute Gasteiger partial charge is 0.453 e. The molecule has 26 heavy (non-hydrogen) atoms. The SMILES string of the molecule is CCn1c(C)cc(C(=O)COC(=O)c2csc(-c3ccccc3)n2)c1C. The Morgan fingerprint density at radius 1 is 1.19 bits per heavy atom. The second-order valence-corrected chi connectivity index (χ2v) is 6.79. The Balaban J connectivity index is 1.66. The second-order valence-electron chi connectivity index (χ2n) is 5.93. The molecule has 0 atom stereocenters. The van der Waals surface area contributed by atoms with E-state index in [1.54, 1.807) is 5.38 Å². The fourth-order valence-corrected chi connectivity index (χ4v) is 3.73. The molecule has 134 valence electrons. The zero-order valence-corrected chi connectivity index (χ0v) is 15.8. The molecular weight excluding hydrogens is 348 g/mol. The molecule has 0 unspecified atom stereocenters. The Kier molecular flexibility index (Phi) is 5.32. The van der Waals surface area contributed by atoms with Gasteiger partial charge in [0.05, 0.1) is 0 Å². The van der Waals surface area contributed by atoms with Gasteiger partial charge in [-0.1, -0.05) is 30.3 Å². The predicted molar refractivity (Wildman–Crippen MR) is 102 cm³/mol. The molecule has 3 rings (SSSR count).